The highest BCUT2D eigenvalue weighted by Crippen LogP contribution is 2.66. The number of fused-ring (bicyclic) bond motifs is 5. The largest absolute Gasteiger partial charge is 0.295 e. The van der Waals surface area contributed by atoms with Gasteiger partial charge < -0.3 is 0 Å². The lowest BCUT2D eigenvalue weighted by Crippen LogP contribution is -2.63. The molecule has 1 heteroatoms. The van der Waals surface area contributed by atoms with Gasteiger partial charge in [0.2, 0.25) is 0 Å². The maximum absolute atomic E-state index is 2.99. The Morgan fingerprint density at radius 2 is 1.62 bits per heavy atom. The fourth-order valence-corrected chi connectivity index (χ4v) is 10.1. The molecule has 8 atom stereocenters. The topological polar surface area (TPSA) is 3.24 Å². The van der Waals surface area contributed by atoms with E-state index in [9.17, 15) is 0 Å². The van der Waals surface area contributed by atoms with E-state index < -0.39 is 0 Å². The molecule has 0 amide bonds. The smallest absolute Gasteiger partial charge is 0.0237 e. The Bertz CT molecular complexity index is 800. The molecule has 1 aliphatic heterocycles. The first-order chi connectivity index (χ1) is 16.3. The number of hydrogen-bond donors (Lipinski definition) is 0. The zero-order valence-electron chi connectivity index (χ0n) is 23.1. The molecule has 1 heterocycles. The highest BCUT2D eigenvalue weighted by molar-refractivity contribution is 5.17. The third kappa shape index (κ3) is 4.42. The second kappa shape index (κ2) is 9.91. The first-order valence-corrected chi connectivity index (χ1v) is 15.1. The fraction of sp³-hybridized carbons (Fsp3) is 0.818. The summed E-state index contributed by atoms with van der Waals surface area (Å²) in [5.74, 6) is 5.59. The molecule has 1 aromatic rings. The normalized spacial score (nSPS) is 41.1. The quantitative estimate of drug-likeness (QED) is 0.390. The summed E-state index contributed by atoms with van der Waals surface area (Å²) in [7, 11) is 0. The van der Waals surface area contributed by atoms with E-state index in [0.717, 1.165) is 41.5 Å². The van der Waals surface area contributed by atoms with Crippen LogP contribution in [0.3, 0.4) is 0 Å². The zero-order valence-corrected chi connectivity index (χ0v) is 23.1. The van der Waals surface area contributed by atoms with E-state index in [1.54, 1.807) is 0 Å². The lowest BCUT2D eigenvalue weighted by Gasteiger charge is -2.63. The average molecular weight is 464 g/mol. The molecule has 5 rings (SSSR count). The van der Waals surface area contributed by atoms with Crippen molar-refractivity contribution in [1.82, 2.24) is 4.90 Å². The number of nitrogens with zero attached hydrogens (tertiary/aromatic N) is 1. The van der Waals surface area contributed by atoms with Gasteiger partial charge in [0.15, 0.2) is 0 Å². The van der Waals surface area contributed by atoms with Gasteiger partial charge in [-0.15, -0.1) is 0 Å². The number of likely N-dealkylation sites (tertiary alicyclic amines) is 1. The maximum atomic E-state index is 2.99. The van der Waals surface area contributed by atoms with Crippen molar-refractivity contribution in [2.45, 2.75) is 118 Å². The Hall–Kier alpha value is -0.820. The molecule has 0 aromatic heterocycles. The number of rotatable bonds is 7. The van der Waals surface area contributed by atoms with Gasteiger partial charge in [-0.25, -0.2) is 0 Å². The average Bonchev–Trinajstić information content (AvgIpc) is 3.17. The fourth-order valence-electron chi connectivity index (χ4n) is 10.1. The molecule has 0 spiro atoms. The molecule has 190 valence electrons. The van der Waals surface area contributed by atoms with Crippen molar-refractivity contribution in [3.8, 4) is 0 Å². The molecular weight excluding hydrogens is 410 g/mol. The molecule has 3 saturated carbocycles. The van der Waals surface area contributed by atoms with E-state index >= 15 is 0 Å². The molecule has 1 nitrogen and oxygen atoms in total. The van der Waals surface area contributed by atoms with Crippen molar-refractivity contribution >= 4 is 0 Å². The van der Waals surface area contributed by atoms with Gasteiger partial charge in [0.05, 0.1) is 0 Å². The highest BCUT2D eigenvalue weighted by atomic mass is 15.2. The molecular formula is C33H53N. The van der Waals surface area contributed by atoms with Crippen LogP contribution in [0.2, 0.25) is 0 Å². The van der Waals surface area contributed by atoms with Crippen molar-refractivity contribution in [3.63, 3.8) is 0 Å². The van der Waals surface area contributed by atoms with Crippen LogP contribution < -0.4 is 0 Å². The van der Waals surface area contributed by atoms with E-state index in [1.807, 2.05) is 0 Å². The summed E-state index contributed by atoms with van der Waals surface area (Å²) in [4.78, 5) is 2.99. The lowest BCUT2D eigenvalue weighted by molar-refractivity contribution is -0.147. The summed E-state index contributed by atoms with van der Waals surface area (Å²) in [5.41, 5.74) is 2.66. The molecule has 4 aliphatic rings. The van der Waals surface area contributed by atoms with Crippen LogP contribution in [0.1, 0.15) is 111 Å². The molecule has 0 radical (unpaired) electrons. The molecule has 0 N–H and O–H groups in total. The van der Waals surface area contributed by atoms with Gasteiger partial charge in [0, 0.05) is 19.1 Å². The molecule has 0 bridgehead atoms. The molecule has 1 aromatic carbocycles. The number of hydrogen-bond acceptors (Lipinski definition) is 1. The van der Waals surface area contributed by atoms with Gasteiger partial charge in [0.25, 0.3) is 0 Å². The minimum Gasteiger partial charge on any atom is -0.295 e. The van der Waals surface area contributed by atoms with Gasteiger partial charge >= 0.3 is 0 Å². The summed E-state index contributed by atoms with van der Waals surface area (Å²) < 4.78 is 0. The first-order valence-electron chi connectivity index (χ1n) is 15.1. The van der Waals surface area contributed by atoms with Crippen LogP contribution in [0, 0.1) is 46.3 Å². The summed E-state index contributed by atoms with van der Waals surface area (Å²) in [6, 6.07) is 12.2. The van der Waals surface area contributed by atoms with E-state index in [0.29, 0.717) is 10.8 Å². The predicted octanol–water partition coefficient (Wildman–Crippen LogP) is 8.97. The predicted molar refractivity (Wildman–Crippen MR) is 146 cm³/mol. The van der Waals surface area contributed by atoms with Crippen LogP contribution in [0.5, 0.6) is 0 Å². The lowest BCUT2D eigenvalue weighted by atomic mass is 9.47. The van der Waals surface area contributed by atoms with Crippen LogP contribution in [0.25, 0.3) is 0 Å². The summed E-state index contributed by atoms with van der Waals surface area (Å²) in [5, 5.41) is 0. The van der Waals surface area contributed by atoms with Gasteiger partial charge in [-0.05, 0) is 90.4 Å². The molecule has 3 aliphatic carbocycles. The Balaban J connectivity index is 1.37. The van der Waals surface area contributed by atoms with E-state index in [2.05, 4.69) is 69.9 Å². The molecule has 8 unspecified atom stereocenters. The summed E-state index contributed by atoms with van der Waals surface area (Å²) in [6.45, 7) is 15.4. The molecule has 34 heavy (non-hydrogen) atoms. The van der Waals surface area contributed by atoms with Crippen molar-refractivity contribution < 1.29 is 0 Å². The second-order valence-corrected chi connectivity index (χ2v) is 14.1. The second-order valence-electron chi connectivity index (χ2n) is 14.1. The highest BCUT2D eigenvalue weighted by Gasteiger charge is 2.61. The minimum absolute atomic E-state index is 0.540. The van der Waals surface area contributed by atoms with Crippen molar-refractivity contribution in [2.24, 2.45) is 46.3 Å². The van der Waals surface area contributed by atoms with E-state index in [1.165, 1.54) is 89.3 Å². The van der Waals surface area contributed by atoms with E-state index in [4.69, 9.17) is 0 Å². The van der Waals surface area contributed by atoms with Crippen LogP contribution in [-0.4, -0.2) is 17.5 Å². The van der Waals surface area contributed by atoms with Crippen LogP contribution in [0.15, 0.2) is 30.3 Å². The van der Waals surface area contributed by atoms with Gasteiger partial charge in [-0.1, -0.05) is 97.1 Å². The van der Waals surface area contributed by atoms with E-state index in [-0.39, 0.29) is 0 Å². The minimum atomic E-state index is 0.540. The molecule has 4 fully saturated rings. The van der Waals surface area contributed by atoms with Crippen LogP contribution in [0.4, 0.5) is 0 Å². The van der Waals surface area contributed by atoms with Crippen molar-refractivity contribution in [3.05, 3.63) is 35.9 Å². The van der Waals surface area contributed by atoms with Gasteiger partial charge in [-0.3, -0.25) is 4.90 Å². The Labute approximate surface area is 211 Å². The Morgan fingerprint density at radius 1 is 0.853 bits per heavy atom. The first kappa shape index (κ1) is 24.9. The summed E-state index contributed by atoms with van der Waals surface area (Å²) in [6.07, 6.45) is 16.2. The monoisotopic (exact) mass is 463 g/mol. The standard InChI is InChI=1S/C33H53N/c1-24(2)12-11-13-25(3)28-17-18-29-27-23-34(22-26-14-7-6-8-15-26)31-16-9-10-20-33(31,5)30(27)19-21-32(28,29)4/h6-8,14-15,24-25,27-31H,9-13,16-23H2,1-5H3. The van der Waals surface area contributed by atoms with Crippen LogP contribution in [-0.2, 0) is 6.54 Å². The van der Waals surface area contributed by atoms with Crippen molar-refractivity contribution in [2.75, 3.05) is 6.54 Å². The third-order valence-electron chi connectivity index (χ3n) is 11.8. The SMILES string of the molecule is CC(C)CCCC(C)C1CCC2C3CN(Cc4ccccc4)C4CCCCC4(C)C3CCC12C. The Kier molecular flexibility index (Phi) is 7.25. The number of piperidine rings is 1. The van der Waals surface area contributed by atoms with Crippen LogP contribution >= 0.6 is 0 Å². The van der Waals surface area contributed by atoms with Gasteiger partial charge in [0.1, 0.15) is 0 Å². The molecule has 1 saturated heterocycles. The summed E-state index contributed by atoms with van der Waals surface area (Å²) >= 11 is 0. The van der Waals surface area contributed by atoms with Gasteiger partial charge in [-0.2, -0.15) is 0 Å². The zero-order chi connectivity index (χ0) is 23.9. The van der Waals surface area contributed by atoms with Crippen molar-refractivity contribution in [1.29, 1.82) is 0 Å². The Morgan fingerprint density at radius 3 is 2.38 bits per heavy atom. The number of benzene rings is 1. The third-order valence-corrected chi connectivity index (χ3v) is 11.8. The maximum Gasteiger partial charge on any atom is 0.0237 e.